The molecule has 0 rings (SSSR count). The number of ether oxygens (including phenoxy) is 3. The lowest BCUT2D eigenvalue weighted by molar-refractivity contribution is -0.112. The van der Waals surface area contributed by atoms with Crippen molar-refractivity contribution in [3.63, 3.8) is 0 Å². The molecular weight excluding hydrogens is 186 g/mol. The van der Waals surface area contributed by atoms with Crippen LogP contribution in [0.5, 0.6) is 0 Å². The van der Waals surface area contributed by atoms with Crippen molar-refractivity contribution < 1.29 is 19.0 Å². The molecule has 0 bridgehead atoms. The Morgan fingerprint density at radius 3 is 2.07 bits per heavy atom. The Morgan fingerprint density at radius 2 is 1.50 bits per heavy atom. The number of aldehydes is 1. The van der Waals surface area contributed by atoms with Crippen molar-refractivity contribution in [3.8, 4) is 0 Å². The third-order valence-corrected chi connectivity index (χ3v) is 1.42. The minimum Gasteiger partial charge on any atom is -0.379 e. The van der Waals surface area contributed by atoms with Gasteiger partial charge in [-0.3, -0.25) is 0 Å². The van der Waals surface area contributed by atoms with Gasteiger partial charge >= 0.3 is 0 Å². The fourth-order valence-electron chi connectivity index (χ4n) is 0.757. The minimum absolute atomic E-state index is 0.135. The summed E-state index contributed by atoms with van der Waals surface area (Å²) in [6.45, 7) is 3.54. The van der Waals surface area contributed by atoms with Gasteiger partial charge in [-0.05, 0) is 13.0 Å². The van der Waals surface area contributed by atoms with E-state index in [1.54, 1.807) is 0 Å². The molecule has 5 nitrogen and oxygen atoms in total. The van der Waals surface area contributed by atoms with Crippen LogP contribution in [0.1, 0.15) is 6.42 Å². The summed E-state index contributed by atoms with van der Waals surface area (Å²) < 4.78 is 15.2. The van der Waals surface area contributed by atoms with Crippen LogP contribution in [0.15, 0.2) is 0 Å². The average molecular weight is 205 g/mol. The molecule has 2 N–H and O–H groups in total. The van der Waals surface area contributed by atoms with E-state index in [-0.39, 0.29) is 6.61 Å². The number of rotatable bonds is 11. The minimum atomic E-state index is 0.135. The molecule has 0 aromatic carbocycles. The molecule has 14 heavy (non-hydrogen) atoms. The van der Waals surface area contributed by atoms with Gasteiger partial charge in [-0.25, -0.2) is 0 Å². The van der Waals surface area contributed by atoms with Crippen LogP contribution in [-0.4, -0.2) is 52.5 Å². The van der Waals surface area contributed by atoms with Crippen molar-refractivity contribution in [2.75, 3.05) is 46.2 Å². The molecular formula is C9H19NO4. The smallest absolute Gasteiger partial charge is 0.145 e. The molecule has 0 aromatic heterocycles. The van der Waals surface area contributed by atoms with Crippen molar-refractivity contribution >= 4 is 6.29 Å². The maximum absolute atomic E-state index is 9.84. The number of carbonyl (C=O) groups excluding carboxylic acids is 1. The molecule has 0 aliphatic rings. The van der Waals surface area contributed by atoms with Gasteiger partial charge in [-0.1, -0.05) is 0 Å². The molecule has 0 atom stereocenters. The van der Waals surface area contributed by atoms with E-state index < -0.39 is 0 Å². The summed E-state index contributed by atoms with van der Waals surface area (Å²) in [7, 11) is 0. The van der Waals surface area contributed by atoms with E-state index >= 15 is 0 Å². The van der Waals surface area contributed by atoms with Crippen LogP contribution in [-0.2, 0) is 19.0 Å². The summed E-state index contributed by atoms with van der Waals surface area (Å²) in [5.41, 5.74) is 5.28. The molecule has 0 fully saturated rings. The van der Waals surface area contributed by atoms with E-state index in [4.69, 9.17) is 19.9 Å². The van der Waals surface area contributed by atoms with Gasteiger partial charge in [0, 0.05) is 6.61 Å². The second-order valence-corrected chi connectivity index (χ2v) is 2.61. The van der Waals surface area contributed by atoms with Crippen LogP contribution >= 0.6 is 0 Å². The highest BCUT2D eigenvalue weighted by molar-refractivity contribution is 5.50. The zero-order chi connectivity index (χ0) is 10.5. The Bertz CT molecular complexity index is 121. The molecule has 0 radical (unpaired) electrons. The normalized spacial score (nSPS) is 10.4. The van der Waals surface area contributed by atoms with Crippen LogP contribution in [0.4, 0.5) is 0 Å². The first kappa shape index (κ1) is 13.5. The van der Waals surface area contributed by atoms with Crippen molar-refractivity contribution in [3.05, 3.63) is 0 Å². The van der Waals surface area contributed by atoms with Crippen LogP contribution < -0.4 is 5.73 Å². The van der Waals surface area contributed by atoms with E-state index in [0.29, 0.717) is 39.6 Å². The lowest BCUT2D eigenvalue weighted by atomic mass is 10.5. The molecule has 0 heterocycles. The zero-order valence-electron chi connectivity index (χ0n) is 8.44. The molecule has 0 amide bonds. The first-order chi connectivity index (χ1) is 6.91. The van der Waals surface area contributed by atoms with E-state index in [9.17, 15) is 4.79 Å². The van der Waals surface area contributed by atoms with Crippen LogP contribution in [0, 0.1) is 0 Å². The number of carbonyl (C=O) groups is 1. The Labute approximate surface area is 84.5 Å². The standard InChI is InChI=1S/C9H19NO4/c10-2-1-4-12-6-8-14-9-7-13-5-3-11/h3H,1-2,4-10H2. The highest BCUT2D eigenvalue weighted by Crippen LogP contribution is 1.82. The monoisotopic (exact) mass is 205 g/mol. The molecule has 0 aliphatic carbocycles. The number of nitrogens with two attached hydrogens (primary N) is 1. The summed E-state index contributed by atoms with van der Waals surface area (Å²) in [6.07, 6.45) is 1.60. The fraction of sp³-hybridized carbons (Fsp3) is 0.889. The summed E-state index contributed by atoms with van der Waals surface area (Å²) in [6, 6.07) is 0. The lowest BCUT2D eigenvalue weighted by Gasteiger charge is -2.04. The van der Waals surface area contributed by atoms with E-state index in [1.807, 2.05) is 0 Å². The van der Waals surface area contributed by atoms with Crippen molar-refractivity contribution in [1.29, 1.82) is 0 Å². The first-order valence-corrected chi connectivity index (χ1v) is 4.78. The van der Waals surface area contributed by atoms with Gasteiger partial charge in [0.2, 0.25) is 0 Å². The quantitative estimate of drug-likeness (QED) is 0.366. The second kappa shape index (κ2) is 12.5. The molecule has 84 valence electrons. The van der Waals surface area contributed by atoms with Gasteiger partial charge in [0.1, 0.15) is 12.9 Å². The van der Waals surface area contributed by atoms with Crippen LogP contribution in [0.3, 0.4) is 0 Å². The third kappa shape index (κ3) is 11.5. The molecule has 0 saturated carbocycles. The molecule has 0 aromatic rings. The fourth-order valence-corrected chi connectivity index (χ4v) is 0.757. The molecule has 0 spiro atoms. The average Bonchev–Trinajstić information content (AvgIpc) is 2.21. The third-order valence-electron chi connectivity index (χ3n) is 1.42. The summed E-state index contributed by atoms with van der Waals surface area (Å²) >= 11 is 0. The Kier molecular flexibility index (Phi) is 12.1. The summed E-state index contributed by atoms with van der Waals surface area (Å²) in [4.78, 5) is 9.84. The van der Waals surface area contributed by atoms with Crippen molar-refractivity contribution in [2.45, 2.75) is 6.42 Å². The van der Waals surface area contributed by atoms with E-state index in [2.05, 4.69) is 0 Å². The van der Waals surface area contributed by atoms with Gasteiger partial charge in [-0.15, -0.1) is 0 Å². The van der Waals surface area contributed by atoms with Crippen LogP contribution in [0.25, 0.3) is 0 Å². The highest BCUT2D eigenvalue weighted by atomic mass is 16.5. The van der Waals surface area contributed by atoms with Gasteiger partial charge in [0.05, 0.1) is 26.4 Å². The molecule has 5 heteroatoms. The van der Waals surface area contributed by atoms with Gasteiger partial charge < -0.3 is 24.7 Å². The van der Waals surface area contributed by atoms with E-state index in [1.165, 1.54) is 0 Å². The lowest BCUT2D eigenvalue weighted by Crippen LogP contribution is -2.11. The maximum Gasteiger partial charge on any atom is 0.145 e. The summed E-state index contributed by atoms with van der Waals surface area (Å²) in [5.74, 6) is 0. The largest absolute Gasteiger partial charge is 0.379 e. The van der Waals surface area contributed by atoms with Crippen molar-refractivity contribution in [2.24, 2.45) is 5.73 Å². The van der Waals surface area contributed by atoms with Crippen molar-refractivity contribution in [1.82, 2.24) is 0 Å². The SMILES string of the molecule is NCCCOCCOCCOCC=O. The highest BCUT2D eigenvalue weighted by Gasteiger charge is 1.90. The van der Waals surface area contributed by atoms with Gasteiger partial charge in [0.25, 0.3) is 0 Å². The molecule has 0 saturated heterocycles. The van der Waals surface area contributed by atoms with Gasteiger partial charge in [0.15, 0.2) is 0 Å². The number of hydrogen-bond donors (Lipinski definition) is 1. The molecule has 0 aliphatic heterocycles. The predicted molar refractivity (Wildman–Crippen MR) is 52.2 cm³/mol. The Balaban J connectivity index is 2.81. The predicted octanol–water partition coefficient (Wildman–Crippen LogP) is -0.416. The second-order valence-electron chi connectivity index (χ2n) is 2.61. The maximum atomic E-state index is 9.84. The topological polar surface area (TPSA) is 70.8 Å². The Hall–Kier alpha value is -0.490. The number of hydrogen-bond acceptors (Lipinski definition) is 5. The zero-order valence-corrected chi connectivity index (χ0v) is 8.44. The Morgan fingerprint density at radius 1 is 0.929 bits per heavy atom. The molecule has 0 unspecified atom stereocenters. The van der Waals surface area contributed by atoms with Gasteiger partial charge in [-0.2, -0.15) is 0 Å². The summed E-state index contributed by atoms with van der Waals surface area (Å²) in [5, 5.41) is 0. The van der Waals surface area contributed by atoms with E-state index in [0.717, 1.165) is 12.7 Å². The van der Waals surface area contributed by atoms with Crippen LogP contribution in [0.2, 0.25) is 0 Å². The first-order valence-electron chi connectivity index (χ1n) is 4.78.